The maximum Gasteiger partial charge on any atom is 0.418 e. The summed E-state index contributed by atoms with van der Waals surface area (Å²) in [7, 11) is 0. The maximum absolute atomic E-state index is 12.8. The van der Waals surface area contributed by atoms with E-state index < -0.39 is 11.7 Å². The normalized spacial score (nSPS) is 11.5. The largest absolute Gasteiger partial charge is 0.418 e. The summed E-state index contributed by atoms with van der Waals surface area (Å²) in [6, 6.07) is 5.25. The summed E-state index contributed by atoms with van der Waals surface area (Å²) in [5, 5.41) is 5.41. The van der Waals surface area contributed by atoms with E-state index in [1.54, 1.807) is 0 Å². The Hall–Kier alpha value is -1.72. The molecule has 0 saturated carbocycles. The van der Waals surface area contributed by atoms with Gasteiger partial charge in [0.1, 0.15) is 0 Å². The van der Waals surface area contributed by atoms with Crippen LogP contribution in [0.3, 0.4) is 0 Å². The molecular weight excluding hydrogens is 281 g/mol. The monoisotopic (exact) mass is 302 g/mol. The van der Waals surface area contributed by atoms with Crippen LogP contribution in [0, 0.1) is 5.92 Å². The Morgan fingerprint density at radius 2 is 1.86 bits per heavy atom. The zero-order valence-electron chi connectivity index (χ0n) is 12.3. The molecule has 0 heterocycles. The number of nitrogens with one attached hydrogen (secondary N) is 2. The lowest BCUT2D eigenvalue weighted by Crippen LogP contribution is -2.27. The summed E-state index contributed by atoms with van der Waals surface area (Å²) in [5.74, 6) is 0.342. The van der Waals surface area contributed by atoms with Crippen molar-refractivity contribution in [3.05, 3.63) is 29.8 Å². The molecule has 3 nitrogen and oxygen atoms in total. The lowest BCUT2D eigenvalue weighted by Gasteiger charge is -2.14. The van der Waals surface area contributed by atoms with E-state index in [0.717, 1.165) is 12.5 Å². The minimum absolute atomic E-state index is 0.0000181. The fourth-order valence-corrected chi connectivity index (χ4v) is 1.78. The Labute approximate surface area is 122 Å². The maximum atomic E-state index is 12.8. The number of halogens is 3. The highest BCUT2D eigenvalue weighted by molar-refractivity contribution is 5.76. The lowest BCUT2D eigenvalue weighted by atomic mass is 10.1. The van der Waals surface area contributed by atoms with Crippen LogP contribution >= 0.6 is 0 Å². The van der Waals surface area contributed by atoms with Crippen molar-refractivity contribution in [3.63, 3.8) is 0 Å². The standard InChI is InChI=1S/C15H21F3N2O/c1-11(2)7-9-20-14(21)8-10-19-13-6-4-3-5-12(13)15(16,17)18/h3-6,11,19H,7-10H2,1-2H3,(H,20,21). The second-order valence-electron chi connectivity index (χ2n) is 5.25. The second kappa shape index (κ2) is 7.90. The zero-order valence-corrected chi connectivity index (χ0v) is 12.3. The quantitative estimate of drug-likeness (QED) is 0.807. The van der Waals surface area contributed by atoms with Crippen LogP contribution < -0.4 is 10.6 Å². The van der Waals surface area contributed by atoms with Crippen molar-refractivity contribution in [2.75, 3.05) is 18.4 Å². The third-order valence-electron chi connectivity index (χ3n) is 2.94. The smallest absolute Gasteiger partial charge is 0.384 e. The van der Waals surface area contributed by atoms with Crippen LogP contribution in [0.4, 0.5) is 18.9 Å². The van der Waals surface area contributed by atoms with E-state index in [4.69, 9.17) is 0 Å². The van der Waals surface area contributed by atoms with Crippen molar-refractivity contribution in [2.24, 2.45) is 5.92 Å². The summed E-state index contributed by atoms with van der Waals surface area (Å²) >= 11 is 0. The number of anilines is 1. The minimum Gasteiger partial charge on any atom is -0.384 e. The van der Waals surface area contributed by atoms with E-state index in [9.17, 15) is 18.0 Å². The molecule has 1 aromatic carbocycles. The molecule has 0 bridgehead atoms. The van der Waals surface area contributed by atoms with Crippen molar-refractivity contribution in [1.29, 1.82) is 0 Å². The van der Waals surface area contributed by atoms with Gasteiger partial charge in [-0.2, -0.15) is 13.2 Å². The Balaban J connectivity index is 2.41. The molecule has 6 heteroatoms. The van der Waals surface area contributed by atoms with E-state index >= 15 is 0 Å². The molecule has 1 amide bonds. The van der Waals surface area contributed by atoms with Gasteiger partial charge in [-0.25, -0.2) is 0 Å². The van der Waals surface area contributed by atoms with E-state index in [1.807, 2.05) is 0 Å². The number of alkyl halides is 3. The van der Waals surface area contributed by atoms with Gasteiger partial charge >= 0.3 is 6.18 Å². The number of para-hydroxylation sites is 1. The highest BCUT2D eigenvalue weighted by Gasteiger charge is 2.32. The van der Waals surface area contributed by atoms with Crippen LogP contribution in [0.15, 0.2) is 24.3 Å². The predicted octanol–water partition coefficient (Wildman–Crippen LogP) is 3.67. The topological polar surface area (TPSA) is 41.1 Å². The van der Waals surface area contributed by atoms with Gasteiger partial charge in [-0.05, 0) is 24.5 Å². The summed E-state index contributed by atoms with van der Waals surface area (Å²) in [6.07, 6.45) is -3.37. The average Bonchev–Trinajstić information content (AvgIpc) is 2.37. The molecule has 0 aliphatic carbocycles. The molecule has 0 unspecified atom stereocenters. The Morgan fingerprint density at radius 3 is 2.48 bits per heavy atom. The summed E-state index contributed by atoms with van der Waals surface area (Å²) in [6.45, 7) is 4.87. The highest BCUT2D eigenvalue weighted by atomic mass is 19.4. The van der Waals surface area contributed by atoms with Gasteiger partial charge in [-0.15, -0.1) is 0 Å². The fourth-order valence-electron chi connectivity index (χ4n) is 1.78. The van der Waals surface area contributed by atoms with Gasteiger partial charge in [0.05, 0.1) is 5.56 Å². The summed E-state index contributed by atoms with van der Waals surface area (Å²) in [5.41, 5.74) is -0.717. The average molecular weight is 302 g/mol. The van der Waals surface area contributed by atoms with E-state index in [2.05, 4.69) is 24.5 Å². The van der Waals surface area contributed by atoms with Crippen LogP contribution in [0.5, 0.6) is 0 Å². The molecule has 1 aromatic rings. The predicted molar refractivity (Wildman–Crippen MR) is 77.0 cm³/mol. The van der Waals surface area contributed by atoms with Crippen LogP contribution in [-0.4, -0.2) is 19.0 Å². The molecule has 0 aliphatic heterocycles. The number of benzene rings is 1. The van der Waals surface area contributed by atoms with Gasteiger partial charge in [-0.1, -0.05) is 26.0 Å². The van der Waals surface area contributed by atoms with Crippen molar-refractivity contribution in [2.45, 2.75) is 32.9 Å². The number of carbonyl (C=O) groups excluding carboxylic acids is 1. The van der Waals surface area contributed by atoms with Crippen LogP contribution in [-0.2, 0) is 11.0 Å². The number of hydrogen-bond acceptors (Lipinski definition) is 2. The summed E-state index contributed by atoms with van der Waals surface area (Å²) in [4.78, 5) is 11.5. The first-order valence-electron chi connectivity index (χ1n) is 6.97. The first kappa shape index (κ1) is 17.3. The van der Waals surface area contributed by atoms with E-state index in [0.29, 0.717) is 12.5 Å². The molecule has 0 atom stereocenters. The second-order valence-corrected chi connectivity index (χ2v) is 5.25. The number of carbonyl (C=O) groups is 1. The van der Waals surface area contributed by atoms with Crippen molar-refractivity contribution < 1.29 is 18.0 Å². The molecule has 21 heavy (non-hydrogen) atoms. The first-order valence-corrected chi connectivity index (χ1v) is 6.97. The van der Waals surface area contributed by atoms with Gasteiger partial charge in [-0.3, -0.25) is 4.79 Å². The molecular formula is C15H21F3N2O. The lowest BCUT2D eigenvalue weighted by molar-refractivity contribution is -0.137. The summed E-state index contributed by atoms with van der Waals surface area (Å²) < 4.78 is 38.3. The molecule has 0 aromatic heterocycles. The van der Waals surface area contributed by atoms with Crippen LogP contribution in [0.2, 0.25) is 0 Å². The fraction of sp³-hybridized carbons (Fsp3) is 0.533. The van der Waals surface area contributed by atoms with Crippen LogP contribution in [0.25, 0.3) is 0 Å². The van der Waals surface area contributed by atoms with Crippen molar-refractivity contribution >= 4 is 11.6 Å². The van der Waals surface area contributed by atoms with Crippen molar-refractivity contribution in [3.8, 4) is 0 Å². The molecule has 0 aliphatic rings. The number of amides is 1. The minimum atomic E-state index is -4.40. The first-order chi connectivity index (χ1) is 9.80. The van der Waals surface area contributed by atoms with Gasteiger partial charge in [0.2, 0.25) is 5.91 Å². The van der Waals surface area contributed by atoms with E-state index in [1.165, 1.54) is 18.2 Å². The number of rotatable bonds is 7. The third kappa shape index (κ3) is 6.51. The van der Waals surface area contributed by atoms with E-state index in [-0.39, 0.29) is 24.6 Å². The van der Waals surface area contributed by atoms with Gasteiger partial charge in [0.15, 0.2) is 0 Å². The Morgan fingerprint density at radius 1 is 1.19 bits per heavy atom. The van der Waals surface area contributed by atoms with Gasteiger partial charge in [0.25, 0.3) is 0 Å². The molecule has 0 radical (unpaired) electrons. The van der Waals surface area contributed by atoms with Gasteiger partial charge in [0, 0.05) is 25.2 Å². The number of hydrogen-bond donors (Lipinski definition) is 2. The molecule has 0 saturated heterocycles. The Kier molecular flexibility index (Phi) is 6.52. The Bertz CT molecular complexity index is 458. The molecule has 1 rings (SSSR count). The molecule has 0 spiro atoms. The van der Waals surface area contributed by atoms with Gasteiger partial charge < -0.3 is 10.6 Å². The third-order valence-corrected chi connectivity index (χ3v) is 2.94. The zero-order chi connectivity index (χ0) is 15.9. The molecule has 2 N–H and O–H groups in total. The highest BCUT2D eigenvalue weighted by Crippen LogP contribution is 2.34. The SMILES string of the molecule is CC(C)CCNC(=O)CCNc1ccccc1C(F)(F)F. The van der Waals surface area contributed by atoms with Crippen LogP contribution in [0.1, 0.15) is 32.3 Å². The molecule has 0 fully saturated rings. The van der Waals surface area contributed by atoms with Crippen molar-refractivity contribution in [1.82, 2.24) is 5.32 Å². The molecule has 118 valence electrons.